The Morgan fingerprint density at radius 1 is 0.733 bits per heavy atom. The van der Waals surface area contributed by atoms with Crippen LogP contribution in [-0.4, -0.2) is 42.9 Å². The third-order valence-electron chi connectivity index (χ3n) is 5.31. The van der Waals surface area contributed by atoms with E-state index in [2.05, 4.69) is 10.2 Å². The van der Waals surface area contributed by atoms with Gasteiger partial charge in [-0.1, -0.05) is 60.7 Å². The van der Waals surface area contributed by atoms with Crippen LogP contribution in [0.3, 0.4) is 0 Å². The molecule has 1 aliphatic rings. The number of hydrogen-bond donors (Lipinski definition) is 1. The second-order valence-electron chi connectivity index (χ2n) is 7.37. The number of benzene rings is 3. The Labute approximate surface area is 176 Å². The van der Waals surface area contributed by atoms with Crippen molar-refractivity contribution >= 4 is 23.2 Å². The van der Waals surface area contributed by atoms with Crippen molar-refractivity contribution in [2.45, 2.75) is 6.42 Å². The average molecular weight is 399 g/mol. The van der Waals surface area contributed by atoms with Crippen molar-refractivity contribution in [1.29, 1.82) is 0 Å². The molecule has 0 radical (unpaired) electrons. The third kappa shape index (κ3) is 4.69. The molecule has 1 heterocycles. The van der Waals surface area contributed by atoms with Gasteiger partial charge in [0.1, 0.15) is 0 Å². The number of nitrogens with one attached hydrogen (secondary N) is 1. The lowest BCUT2D eigenvalue weighted by atomic mass is 10.1. The van der Waals surface area contributed by atoms with Gasteiger partial charge < -0.3 is 15.1 Å². The molecule has 5 nitrogen and oxygen atoms in total. The molecule has 30 heavy (non-hydrogen) atoms. The molecule has 1 saturated heterocycles. The number of carbonyl (C=O) groups is 2. The number of hydrogen-bond acceptors (Lipinski definition) is 3. The van der Waals surface area contributed by atoms with Gasteiger partial charge in [0.15, 0.2) is 0 Å². The molecule has 0 atom stereocenters. The molecule has 0 bridgehead atoms. The third-order valence-corrected chi connectivity index (χ3v) is 5.31. The van der Waals surface area contributed by atoms with Gasteiger partial charge in [-0.3, -0.25) is 9.59 Å². The molecule has 3 aromatic rings. The summed E-state index contributed by atoms with van der Waals surface area (Å²) < 4.78 is 0. The molecule has 4 rings (SSSR count). The number of para-hydroxylation sites is 2. The summed E-state index contributed by atoms with van der Waals surface area (Å²) in [4.78, 5) is 29.3. The maximum Gasteiger partial charge on any atom is 0.253 e. The smallest absolute Gasteiger partial charge is 0.253 e. The van der Waals surface area contributed by atoms with Crippen molar-refractivity contribution in [2.24, 2.45) is 0 Å². The minimum Gasteiger partial charge on any atom is -0.366 e. The van der Waals surface area contributed by atoms with Gasteiger partial charge in [0.25, 0.3) is 5.91 Å². The molecule has 5 heteroatoms. The van der Waals surface area contributed by atoms with Crippen molar-refractivity contribution < 1.29 is 9.59 Å². The van der Waals surface area contributed by atoms with Gasteiger partial charge in [-0.15, -0.1) is 0 Å². The molecule has 1 aliphatic heterocycles. The topological polar surface area (TPSA) is 52.7 Å². The van der Waals surface area contributed by atoms with Gasteiger partial charge in [-0.05, 0) is 29.8 Å². The minimum atomic E-state index is -0.0356. The first-order chi connectivity index (χ1) is 14.7. The fourth-order valence-corrected chi connectivity index (χ4v) is 3.74. The molecular weight excluding hydrogens is 374 g/mol. The predicted octanol–water partition coefficient (Wildman–Crippen LogP) is 3.83. The largest absolute Gasteiger partial charge is 0.366 e. The van der Waals surface area contributed by atoms with Crippen LogP contribution < -0.4 is 10.2 Å². The number of anilines is 2. The first-order valence-electron chi connectivity index (χ1n) is 10.2. The Balaban J connectivity index is 1.39. The highest BCUT2D eigenvalue weighted by Gasteiger charge is 2.23. The van der Waals surface area contributed by atoms with E-state index in [1.807, 2.05) is 89.8 Å². The number of piperazine rings is 1. The Bertz CT molecular complexity index is 997. The Hall–Kier alpha value is -3.60. The molecule has 1 N–H and O–H groups in total. The van der Waals surface area contributed by atoms with Crippen LogP contribution in [0.2, 0.25) is 0 Å². The first kappa shape index (κ1) is 19.7. The van der Waals surface area contributed by atoms with E-state index in [4.69, 9.17) is 0 Å². The van der Waals surface area contributed by atoms with Crippen LogP contribution in [0, 0.1) is 0 Å². The van der Waals surface area contributed by atoms with Gasteiger partial charge in [0, 0.05) is 31.7 Å². The molecular formula is C25H25N3O2. The van der Waals surface area contributed by atoms with Crippen LogP contribution in [0.25, 0.3) is 0 Å². The van der Waals surface area contributed by atoms with Crippen molar-refractivity contribution in [3.05, 3.63) is 96.1 Å². The Morgan fingerprint density at radius 3 is 2.03 bits per heavy atom. The van der Waals surface area contributed by atoms with E-state index in [1.165, 1.54) is 0 Å². The molecule has 3 aromatic carbocycles. The molecule has 0 aliphatic carbocycles. The molecule has 0 aromatic heterocycles. The van der Waals surface area contributed by atoms with E-state index in [1.54, 1.807) is 0 Å². The molecule has 0 unspecified atom stereocenters. The second-order valence-corrected chi connectivity index (χ2v) is 7.37. The normalized spacial score (nSPS) is 13.7. The summed E-state index contributed by atoms with van der Waals surface area (Å²) in [6, 6.07) is 27.0. The highest BCUT2D eigenvalue weighted by molar-refractivity contribution is 5.96. The summed E-state index contributed by atoms with van der Waals surface area (Å²) in [6.45, 7) is 2.76. The van der Waals surface area contributed by atoms with Gasteiger partial charge in [0.2, 0.25) is 5.91 Å². The minimum absolute atomic E-state index is 0.0356. The Morgan fingerprint density at radius 2 is 1.33 bits per heavy atom. The zero-order valence-electron chi connectivity index (χ0n) is 16.8. The quantitative estimate of drug-likeness (QED) is 0.709. The van der Waals surface area contributed by atoms with Crippen LogP contribution >= 0.6 is 0 Å². The van der Waals surface area contributed by atoms with E-state index in [-0.39, 0.29) is 11.8 Å². The first-order valence-corrected chi connectivity index (χ1v) is 10.2. The van der Waals surface area contributed by atoms with E-state index in [0.29, 0.717) is 19.5 Å². The summed E-state index contributed by atoms with van der Waals surface area (Å²) in [7, 11) is 0. The molecule has 0 spiro atoms. The van der Waals surface area contributed by atoms with Crippen molar-refractivity contribution in [3.63, 3.8) is 0 Å². The second kappa shape index (κ2) is 9.27. The maximum atomic E-state index is 12.7. The fraction of sp³-hybridized carbons (Fsp3) is 0.200. The monoisotopic (exact) mass is 399 g/mol. The fourth-order valence-electron chi connectivity index (χ4n) is 3.74. The van der Waals surface area contributed by atoms with Gasteiger partial charge in [-0.25, -0.2) is 0 Å². The summed E-state index contributed by atoms with van der Waals surface area (Å²) >= 11 is 0. The highest BCUT2D eigenvalue weighted by Crippen LogP contribution is 2.27. The summed E-state index contributed by atoms with van der Waals surface area (Å²) in [5, 5.41) is 3.05. The van der Waals surface area contributed by atoms with Gasteiger partial charge in [0.05, 0.1) is 17.8 Å². The van der Waals surface area contributed by atoms with Crippen molar-refractivity contribution in [3.8, 4) is 0 Å². The number of rotatable bonds is 5. The lowest BCUT2D eigenvalue weighted by molar-refractivity contribution is -0.115. The van der Waals surface area contributed by atoms with Crippen LogP contribution in [-0.2, 0) is 11.2 Å². The zero-order chi connectivity index (χ0) is 20.8. The standard InChI is InChI=1S/C25H25N3O2/c29-24(19-20-9-3-1-4-10-20)26-22-13-7-8-14-23(22)27-15-17-28(18-16-27)25(30)21-11-5-2-6-12-21/h1-14H,15-19H2,(H,26,29). The van der Waals surface area contributed by atoms with Crippen LogP contribution in [0.1, 0.15) is 15.9 Å². The van der Waals surface area contributed by atoms with E-state index >= 15 is 0 Å². The number of carbonyl (C=O) groups excluding carboxylic acids is 2. The van der Waals surface area contributed by atoms with Crippen molar-refractivity contribution in [2.75, 3.05) is 36.4 Å². The van der Waals surface area contributed by atoms with E-state index in [0.717, 1.165) is 35.6 Å². The predicted molar refractivity (Wildman–Crippen MR) is 120 cm³/mol. The van der Waals surface area contributed by atoms with Gasteiger partial charge in [-0.2, -0.15) is 0 Å². The number of amides is 2. The summed E-state index contributed by atoms with van der Waals surface area (Å²) in [5.74, 6) is 0.0336. The number of nitrogens with zero attached hydrogens (tertiary/aromatic N) is 2. The molecule has 2 amide bonds. The average Bonchev–Trinajstić information content (AvgIpc) is 2.80. The van der Waals surface area contributed by atoms with Crippen LogP contribution in [0.5, 0.6) is 0 Å². The van der Waals surface area contributed by atoms with Crippen molar-refractivity contribution in [1.82, 2.24) is 4.90 Å². The van der Waals surface area contributed by atoms with Gasteiger partial charge >= 0.3 is 0 Å². The van der Waals surface area contributed by atoms with E-state index in [9.17, 15) is 9.59 Å². The SMILES string of the molecule is O=C(Cc1ccccc1)Nc1ccccc1N1CCN(C(=O)c2ccccc2)CC1. The summed E-state index contributed by atoms with van der Waals surface area (Å²) in [5.41, 5.74) is 3.51. The highest BCUT2D eigenvalue weighted by atomic mass is 16.2. The van der Waals surface area contributed by atoms with Crippen LogP contribution in [0.4, 0.5) is 11.4 Å². The lowest BCUT2D eigenvalue weighted by Crippen LogP contribution is -2.49. The summed E-state index contributed by atoms with van der Waals surface area (Å²) in [6.07, 6.45) is 0.342. The molecule has 0 saturated carbocycles. The van der Waals surface area contributed by atoms with Crippen LogP contribution in [0.15, 0.2) is 84.9 Å². The molecule has 1 fully saturated rings. The van der Waals surface area contributed by atoms with E-state index < -0.39 is 0 Å². The molecule has 152 valence electrons. The Kier molecular flexibility index (Phi) is 6.09. The lowest BCUT2D eigenvalue weighted by Gasteiger charge is -2.37. The zero-order valence-corrected chi connectivity index (χ0v) is 16.8. The maximum absolute atomic E-state index is 12.7.